The van der Waals surface area contributed by atoms with Gasteiger partial charge in [0.05, 0.1) is 12.1 Å². The van der Waals surface area contributed by atoms with Crippen molar-refractivity contribution in [2.24, 2.45) is 5.92 Å². The van der Waals surface area contributed by atoms with Gasteiger partial charge >= 0.3 is 6.03 Å². The van der Waals surface area contributed by atoms with Gasteiger partial charge in [0, 0.05) is 12.2 Å². The van der Waals surface area contributed by atoms with Crippen molar-refractivity contribution in [3.05, 3.63) is 59.9 Å². The maximum atomic E-state index is 13.5. The predicted molar refractivity (Wildman–Crippen MR) is 97.0 cm³/mol. The monoisotopic (exact) mass is 343 g/mol. The number of para-hydroxylation sites is 1. The van der Waals surface area contributed by atoms with Crippen LogP contribution in [0.15, 0.2) is 48.5 Å². The predicted octanol–water partition coefficient (Wildman–Crippen LogP) is 3.78. The molecule has 0 unspecified atom stereocenters. The van der Waals surface area contributed by atoms with Crippen LogP contribution in [0.5, 0.6) is 0 Å². The zero-order valence-electron chi connectivity index (χ0n) is 14.3. The summed E-state index contributed by atoms with van der Waals surface area (Å²) >= 11 is 0. The molecule has 0 aliphatic carbocycles. The Kier molecular flexibility index (Phi) is 6.51. The molecule has 0 aliphatic heterocycles. The molecule has 0 radical (unpaired) electrons. The second kappa shape index (κ2) is 8.82. The van der Waals surface area contributed by atoms with Crippen LogP contribution in [-0.2, 0) is 11.2 Å². The van der Waals surface area contributed by atoms with Gasteiger partial charge in [0.25, 0.3) is 0 Å². The number of anilines is 2. The van der Waals surface area contributed by atoms with Crippen LogP contribution in [0.2, 0.25) is 0 Å². The Balaban J connectivity index is 1.86. The highest BCUT2D eigenvalue weighted by Crippen LogP contribution is 2.14. The maximum absolute atomic E-state index is 13.5. The lowest BCUT2D eigenvalue weighted by Crippen LogP contribution is -2.31. The van der Waals surface area contributed by atoms with E-state index in [9.17, 15) is 14.0 Å². The van der Waals surface area contributed by atoms with E-state index in [-0.39, 0.29) is 24.0 Å². The summed E-state index contributed by atoms with van der Waals surface area (Å²) in [4.78, 5) is 23.7. The third kappa shape index (κ3) is 6.25. The van der Waals surface area contributed by atoms with Crippen molar-refractivity contribution in [2.45, 2.75) is 20.3 Å². The van der Waals surface area contributed by atoms with E-state index < -0.39 is 5.82 Å². The van der Waals surface area contributed by atoms with E-state index >= 15 is 0 Å². The molecule has 0 saturated heterocycles. The molecule has 5 nitrogen and oxygen atoms in total. The molecule has 3 amide bonds. The van der Waals surface area contributed by atoms with Gasteiger partial charge in [0.2, 0.25) is 5.91 Å². The van der Waals surface area contributed by atoms with Gasteiger partial charge in [0.15, 0.2) is 0 Å². The SMILES string of the molecule is CC(C)CNC(=O)Nc1ccc(CC(=O)Nc2ccccc2F)cc1. The fourth-order valence-corrected chi connectivity index (χ4v) is 2.12. The van der Waals surface area contributed by atoms with Crippen molar-refractivity contribution >= 4 is 23.3 Å². The topological polar surface area (TPSA) is 70.2 Å². The number of nitrogens with one attached hydrogen (secondary N) is 3. The Labute approximate surface area is 146 Å². The van der Waals surface area contributed by atoms with E-state index in [0.717, 1.165) is 5.56 Å². The van der Waals surface area contributed by atoms with Gasteiger partial charge in [-0.25, -0.2) is 9.18 Å². The smallest absolute Gasteiger partial charge is 0.319 e. The summed E-state index contributed by atoms with van der Waals surface area (Å²) in [5.41, 5.74) is 1.56. The highest BCUT2D eigenvalue weighted by Gasteiger charge is 2.08. The summed E-state index contributed by atoms with van der Waals surface area (Å²) in [6.45, 7) is 4.63. The Morgan fingerprint density at radius 3 is 2.32 bits per heavy atom. The van der Waals surface area contributed by atoms with E-state index in [1.807, 2.05) is 13.8 Å². The van der Waals surface area contributed by atoms with E-state index in [1.165, 1.54) is 12.1 Å². The molecule has 0 fully saturated rings. The summed E-state index contributed by atoms with van der Waals surface area (Å²) in [5.74, 6) is -0.399. The summed E-state index contributed by atoms with van der Waals surface area (Å²) < 4.78 is 13.5. The van der Waals surface area contributed by atoms with Crippen LogP contribution in [-0.4, -0.2) is 18.5 Å². The largest absolute Gasteiger partial charge is 0.338 e. The van der Waals surface area contributed by atoms with Gasteiger partial charge in [0.1, 0.15) is 5.82 Å². The van der Waals surface area contributed by atoms with Crippen LogP contribution in [0.25, 0.3) is 0 Å². The molecule has 2 aromatic rings. The molecule has 0 saturated carbocycles. The first kappa shape index (κ1) is 18.4. The van der Waals surface area contributed by atoms with Crippen LogP contribution in [0, 0.1) is 11.7 Å². The van der Waals surface area contributed by atoms with Gasteiger partial charge in [-0.15, -0.1) is 0 Å². The van der Waals surface area contributed by atoms with Crippen molar-refractivity contribution in [3.8, 4) is 0 Å². The lowest BCUT2D eigenvalue weighted by atomic mass is 10.1. The Morgan fingerprint density at radius 1 is 1.00 bits per heavy atom. The quantitative estimate of drug-likeness (QED) is 0.747. The van der Waals surface area contributed by atoms with E-state index in [1.54, 1.807) is 36.4 Å². The Morgan fingerprint density at radius 2 is 1.68 bits per heavy atom. The summed E-state index contributed by atoms with van der Waals surface area (Å²) in [5, 5.41) is 8.02. The fraction of sp³-hybridized carbons (Fsp3) is 0.263. The summed E-state index contributed by atoms with van der Waals surface area (Å²) in [6, 6.07) is 12.7. The molecule has 0 aliphatic rings. The minimum atomic E-state index is -0.470. The van der Waals surface area contributed by atoms with Crippen molar-refractivity contribution in [3.63, 3.8) is 0 Å². The second-order valence-corrected chi connectivity index (χ2v) is 6.13. The fourth-order valence-electron chi connectivity index (χ4n) is 2.12. The first-order valence-corrected chi connectivity index (χ1v) is 8.12. The molecule has 132 valence electrons. The van der Waals surface area contributed by atoms with Crippen molar-refractivity contribution < 1.29 is 14.0 Å². The van der Waals surface area contributed by atoms with Gasteiger partial charge < -0.3 is 16.0 Å². The molecule has 2 aromatic carbocycles. The standard InChI is InChI=1S/C19H22FN3O2/c1-13(2)12-21-19(25)22-15-9-7-14(8-10-15)11-18(24)23-17-6-4-3-5-16(17)20/h3-10,13H,11-12H2,1-2H3,(H,23,24)(H2,21,22,25). The van der Waals surface area contributed by atoms with Crippen LogP contribution in [0.4, 0.5) is 20.6 Å². The molecule has 0 atom stereocenters. The highest BCUT2D eigenvalue weighted by atomic mass is 19.1. The van der Waals surface area contributed by atoms with Gasteiger partial charge in [-0.2, -0.15) is 0 Å². The first-order valence-electron chi connectivity index (χ1n) is 8.12. The van der Waals surface area contributed by atoms with Crippen LogP contribution < -0.4 is 16.0 Å². The third-order valence-corrected chi connectivity index (χ3v) is 3.40. The summed E-state index contributed by atoms with van der Waals surface area (Å²) in [7, 11) is 0. The molecule has 3 N–H and O–H groups in total. The second-order valence-electron chi connectivity index (χ2n) is 6.13. The number of urea groups is 1. The number of benzene rings is 2. The Bertz CT molecular complexity index is 730. The number of amides is 3. The van der Waals surface area contributed by atoms with Gasteiger partial charge in [-0.05, 0) is 35.7 Å². The number of hydrogen-bond acceptors (Lipinski definition) is 2. The van der Waals surface area contributed by atoms with Gasteiger partial charge in [-0.3, -0.25) is 4.79 Å². The molecule has 25 heavy (non-hydrogen) atoms. The van der Waals surface area contributed by atoms with Crippen molar-refractivity contribution in [1.82, 2.24) is 5.32 Å². The average Bonchev–Trinajstić information content (AvgIpc) is 2.57. The van der Waals surface area contributed by atoms with E-state index in [0.29, 0.717) is 18.2 Å². The lowest BCUT2D eigenvalue weighted by Gasteiger charge is -2.10. The first-order chi connectivity index (χ1) is 11.9. The zero-order valence-corrected chi connectivity index (χ0v) is 14.3. The van der Waals surface area contributed by atoms with Gasteiger partial charge in [-0.1, -0.05) is 38.1 Å². The van der Waals surface area contributed by atoms with E-state index in [2.05, 4.69) is 16.0 Å². The molecule has 6 heteroatoms. The minimum Gasteiger partial charge on any atom is -0.338 e. The molecule has 0 heterocycles. The number of halogens is 1. The third-order valence-electron chi connectivity index (χ3n) is 3.40. The maximum Gasteiger partial charge on any atom is 0.319 e. The molecular formula is C19H22FN3O2. The number of rotatable bonds is 6. The Hall–Kier alpha value is -2.89. The number of hydrogen-bond donors (Lipinski definition) is 3. The summed E-state index contributed by atoms with van der Waals surface area (Å²) in [6.07, 6.45) is 0.119. The van der Waals surface area contributed by atoms with Crippen molar-refractivity contribution in [2.75, 3.05) is 17.2 Å². The molecule has 0 aromatic heterocycles. The van der Waals surface area contributed by atoms with Crippen molar-refractivity contribution in [1.29, 1.82) is 0 Å². The molecule has 2 rings (SSSR count). The number of carbonyl (C=O) groups excluding carboxylic acids is 2. The average molecular weight is 343 g/mol. The minimum absolute atomic E-state index is 0.119. The highest BCUT2D eigenvalue weighted by molar-refractivity contribution is 5.92. The molecular weight excluding hydrogens is 321 g/mol. The van der Waals surface area contributed by atoms with Crippen LogP contribution in [0.1, 0.15) is 19.4 Å². The normalized spacial score (nSPS) is 10.4. The van der Waals surface area contributed by atoms with Crippen LogP contribution >= 0.6 is 0 Å². The molecule has 0 spiro atoms. The number of carbonyl (C=O) groups is 2. The van der Waals surface area contributed by atoms with E-state index in [4.69, 9.17) is 0 Å². The lowest BCUT2D eigenvalue weighted by molar-refractivity contribution is -0.115. The molecule has 0 bridgehead atoms. The van der Waals surface area contributed by atoms with Crippen LogP contribution in [0.3, 0.4) is 0 Å². The zero-order chi connectivity index (χ0) is 18.2.